The fourth-order valence-electron chi connectivity index (χ4n) is 3.19. The summed E-state index contributed by atoms with van der Waals surface area (Å²) in [7, 11) is 0. The van der Waals surface area contributed by atoms with Crippen molar-refractivity contribution in [1.82, 2.24) is 4.98 Å². The van der Waals surface area contributed by atoms with Crippen LogP contribution < -0.4 is 5.32 Å². The lowest BCUT2D eigenvalue weighted by Crippen LogP contribution is -2.49. The van der Waals surface area contributed by atoms with Gasteiger partial charge in [0.2, 0.25) is 0 Å². The lowest BCUT2D eigenvalue weighted by molar-refractivity contribution is -0.143. The zero-order valence-electron chi connectivity index (χ0n) is 12.1. The number of hydrogen-bond acceptors (Lipinski definition) is 4. The molecule has 2 aromatic rings. The molecule has 0 aromatic carbocycles. The van der Waals surface area contributed by atoms with Gasteiger partial charge in [-0.1, -0.05) is 13.3 Å². The lowest BCUT2D eigenvalue weighted by Gasteiger charge is -2.37. The summed E-state index contributed by atoms with van der Waals surface area (Å²) in [5, 5.41) is 16.0. The van der Waals surface area contributed by atoms with Crippen molar-refractivity contribution in [3.05, 3.63) is 23.7 Å². The number of rotatable bonds is 4. The Balaban J connectivity index is 1.89. The highest BCUT2D eigenvalue weighted by Crippen LogP contribution is 2.37. The highest BCUT2D eigenvalue weighted by Gasteiger charge is 2.42. The zero-order chi connectivity index (χ0) is 14.9. The van der Waals surface area contributed by atoms with E-state index in [-0.39, 0.29) is 0 Å². The summed E-state index contributed by atoms with van der Waals surface area (Å²) in [5.74, 6) is 0.598. The van der Waals surface area contributed by atoms with E-state index in [0.717, 1.165) is 29.3 Å². The molecule has 1 aliphatic carbocycles. The molecular weight excluding hydrogens is 284 g/mol. The summed E-state index contributed by atoms with van der Waals surface area (Å²) >= 11 is 1.65. The third kappa shape index (κ3) is 2.62. The monoisotopic (exact) mass is 304 g/mol. The molecule has 2 N–H and O–H groups in total. The van der Waals surface area contributed by atoms with Crippen LogP contribution in [-0.4, -0.2) is 21.6 Å². The molecule has 1 fully saturated rings. The fraction of sp³-hybridized carbons (Fsp3) is 0.500. The van der Waals surface area contributed by atoms with E-state index in [2.05, 4.69) is 17.2 Å². The quantitative estimate of drug-likeness (QED) is 0.891. The second-order valence-electron chi connectivity index (χ2n) is 5.86. The highest BCUT2D eigenvalue weighted by atomic mass is 32.1. The molecule has 5 heteroatoms. The second kappa shape index (κ2) is 5.64. The molecule has 3 rings (SSSR count). The van der Waals surface area contributed by atoms with E-state index >= 15 is 0 Å². The van der Waals surface area contributed by atoms with E-state index in [1.54, 1.807) is 17.5 Å². The summed E-state index contributed by atoms with van der Waals surface area (Å²) < 4.78 is 1.13. The standard InChI is InChI=1S/C16H20N2O2S/c1-2-11-3-7-16(8-4-11,15(19)20)18-14-12-6-10-21-13(12)5-9-17-14/h5-6,9-11H,2-4,7-8H2,1H3,(H,17,18)(H,19,20). The van der Waals surface area contributed by atoms with Gasteiger partial charge in [-0.3, -0.25) is 0 Å². The van der Waals surface area contributed by atoms with E-state index in [9.17, 15) is 9.90 Å². The first-order valence-electron chi connectivity index (χ1n) is 7.48. The number of carboxylic acid groups (broad SMARTS) is 1. The minimum atomic E-state index is -0.866. The van der Waals surface area contributed by atoms with Gasteiger partial charge in [0.25, 0.3) is 0 Å². The molecule has 4 nitrogen and oxygen atoms in total. The predicted molar refractivity (Wildman–Crippen MR) is 85.9 cm³/mol. The van der Waals surface area contributed by atoms with Gasteiger partial charge in [0.05, 0.1) is 0 Å². The molecule has 21 heavy (non-hydrogen) atoms. The van der Waals surface area contributed by atoms with Gasteiger partial charge in [-0.25, -0.2) is 9.78 Å². The summed E-state index contributed by atoms with van der Waals surface area (Å²) in [6, 6.07) is 3.97. The third-order valence-corrected chi connectivity index (χ3v) is 5.57. The molecule has 0 bridgehead atoms. The Labute approximate surface area is 128 Å². The van der Waals surface area contributed by atoms with Crippen LogP contribution in [0.2, 0.25) is 0 Å². The average molecular weight is 304 g/mol. The maximum Gasteiger partial charge on any atom is 0.329 e. The number of nitrogens with one attached hydrogen (secondary N) is 1. The Morgan fingerprint density at radius 3 is 2.90 bits per heavy atom. The second-order valence-corrected chi connectivity index (χ2v) is 6.80. The number of hydrogen-bond donors (Lipinski definition) is 2. The van der Waals surface area contributed by atoms with Gasteiger partial charge in [-0.2, -0.15) is 0 Å². The number of aromatic nitrogens is 1. The largest absolute Gasteiger partial charge is 0.480 e. The van der Waals surface area contributed by atoms with Crippen molar-refractivity contribution >= 4 is 33.2 Å². The number of anilines is 1. The normalized spacial score (nSPS) is 25.9. The number of aliphatic carboxylic acids is 1. The number of thiophene rings is 1. The first-order chi connectivity index (χ1) is 10.1. The molecule has 0 unspecified atom stereocenters. The molecular formula is C16H20N2O2S. The van der Waals surface area contributed by atoms with Crippen molar-refractivity contribution in [2.75, 3.05) is 5.32 Å². The van der Waals surface area contributed by atoms with Crippen molar-refractivity contribution in [2.45, 2.75) is 44.6 Å². The Bertz CT molecular complexity index is 645. The van der Waals surface area contributed by atoms with Crippen LogP contribution in [0.25, 0.3) is 10.1 Å². The van der Waals surface area contributed by atoms with Crippen LogP contribution in [-0.2, 0) is 4.79 Å². The molecule has 2 heterocycles. The smallest absolute Gasteiger partial charge is 0.329 e. The van der Waals surface area contributed by atoms with Crippen molar-refractivity contribution in [1.29, 1.82) is 0 Å². The lowest BCUT2D eigenvalue weighted by atomic mass is 9.75. The van der Waals surface area contributed by atoms with E-state index < -0.39 is 11.5 Å². The number of carboxylic acids is 1. The maximum absolute atomic E-state index is 11.9. The molecule has 1 saturated carbocycles. The minimum Gasteiger partial charge on any atom is -0.480 e. The summed E-state index contributed by atoms with van der Waals surface area (Å²) in [4.78, 5) is 16.2. The van der Waals surface area contributed by atoms with Gasteiger partial charge >= 0.3 is 5.97 Å². The van der Waals surface area contributed by atoms with Crippen LogP contribution in [0.5, 0.6) is 0 Å². The van der Waals surface area contributed by atoms with Crippen LogP contribution >= 0.6 is 11.3 Å². The fourth-order valence-corrected chi connectivity index (χ4v) is 3.97. The number of pyridine rings is 1. The van der Waals surface area contributed by atoms with Crippen LogP contribution in [0.3, 0.4) is 0 Å². The average Bonchev–Trinajstić information content (AvgIpc) is 2.97. The van der Waals surface area contributed by atoms with Gasteiger partial charge in [0.15, 0.2) is 0 Å². The van der Waals surface area contributed by atoms with Crippen molar-refractivity contribution in [3.8, 4) is 0 Å². The topological polar surface area (TPSA) is 62.2 Å². The zero-order valence-corrected chi connectivity index (χ0v) is 12.9. The molecule has 0 atom stereocenters. The van der Waals surface area contributed by atoms with Gasteiger partial charge < -0.3 is 10.4 Å². The molecule has 2 aromatic heterocycles. The van der Waals surface area contributed by atoms with Crippen LogP contribution in [0.15, 0.2) is 23.7 Å². The summed E-state index contributed by atoms with van der Waals surface area (Å²) in [6.07, 6.45) is 6.15. The molecule has 0 spiro atoms. The van der Waals surface area contributed by atoms with Crippen molar-refractivity contribution < 1.29 is 9.90 Å². The third-order valence-electron chi connectivity index (χ3n) is 4.68. The Kier molecular flexibility index (Phi) is 3.85. The Morgan fingerprint density at radius 2 is 2.24 bits per heavy atom. The number of fused-ring (bicyclic) bond motifs is 1. The van der Waals surface area contributed by atoms with E-state index in [1.807, 2.05) is 17.5 Å². The predicted octanol–water partition coefficient (Wildman–Crippen LogP) is 4.13. The Morgan fingerprint density at radius 1 is 1.48 bits per heavy atom. The van der Waals surface area contributed by atoms with Crippen molar-refractivity contribution in [2.24, 2.45) is 5.92 Å². The van der Waals surface area contributed by atoms with E-state index in [4.69, 9.17) is 0 Å². The minimum absolute atomic E-state index is 0.657. The van der Waals surface area contributed by atoms with Crippen molar-refractivity contribution in [3.63, 3.8) is 0 Å². The van der Waals surface area contributed by atoms with Crippen LogP contribution in [0.1, 0.15) is 39.0 Å². The van der Waals surface area contributed by atoms with Crippen LogP contribution in [0.4, 0.5) is 5.82 Å². The first-order valence-corrected chi connectivity index (χ1v) is 8.36. The maximum atomic E-state index is 11.9. The number of nitrogens with zero attached hydrogens (tertiary/aromatic N) is 1. The van der Waals surface area contributed by atoms with Crippen LogP contribution in [0, 0.1) is 5.92 Å². The molecule has 0 radical (unpaired) electrons. The van der Waals surface area contributed by atoms with Gasteiger partial charge in [0.1, 0.15) is 11.4 Å². The Hall–Kier alpha value is -1.62. The molecule has 1 aliphatic rings. The van der Waals surface area contributed by atoms with Gasteiger partial charge in [0, 0.05) is 16.3 Å². The van der Waals surface area contributed by atoms with Gasteiger partial charge in [-0.05, 0) is 49.1 Å². The number of carbonyl (C=O) groups is 1. The van der Waals surface area contributed by atoms with Gasteiger partial charge in [-0.15, -0.1) is 11.3 Å². The summed E-state index contributed by atoms with van der Waals surface area (Å²) in [5.41, 5.74) is -0.866. The highest BCUT2D eigenvalue weighted by molar-refractivity contribution is 7.17. The summed E-state index contributed by atoms with van der Waals surface area (Å²) in [6.45, 7) is 2.18. The molecule has 112 valence electrons. The van der Waals surface area contributed by atoms with E-state index in [1.165, 1.54) is 0 Å². The first kappa shape index (κ1) is 14.3. The molecule has 0 amide bonds. The SMILES string of the molecule is CCC1CCC(Nc2nccc3sccc23)(C(=O)O)CC1. The molecule has 0 saturated heterocycles. The molecule has 0 aliphatic heterocycles. The van der Waals surface area contributed by atoms with E-state index in [0.29, 0.717) is 24.6 Å².